The number of carbonyl (C=O) groups is 1. The summed E-state index contributed by atoms with van der Waals surface area (Å²) in [6, 6.07) is 9.77. The number of hydrogen-bond acceptors (Lipinski definition) is 8. The van der Waals surface area contributed by atoms with Gasteiger partial charge in [0.15, 0.2) is 11.5 Å². The summed E-state index contributed by atoms with van der Waals surface area (Å²) < 4.78 is 14.5. The Balaban J connectivity index is 1.93. The van der Waals surface area contributed by atoms with Gasteiger partial charge in [-0.2, -0.15) is 0 Å². The first-order valence-electron chi connectivity index (χ1n) is 13.1. The smallest absolute Gasteiger partial charge is 0.330 e. The van der Waals surface area contributed by atoms with E-state index in [1.807, 2.05) is 58.0 Å². The van der Waals surface area contributed by atoms with E-state index in [4.69, 9.17) is 25.9 Å². The molecule has 0 spiro atoms. The van der Waals surface area contributed by atoms with Crippen LogP contribution in [0.1, 0.15) is 29.2 Å². The van der Waals surface area contributed by atoms with Gasteiger partial charge in [0.25, 0.3) is 5.91 Å². The highest BCUT2D eigenvalue weighted by Crippen LogP contribution is 2.37. The lowest BCUT2D eigenvalue weighted by Gasteiger charge is -2.25. The summed E-state index contributed by atoms with van der Waals surface area (Å²) in [6.45, 7) is 8.58. The Morgan fingerprint density at radius 3 is 2.48 bits per heavy atom. The van der Waals surface area contributed by atoms with Crippen molar-refractivity contribution in [3.05, 3.63) is 80.5 Å². The molecular formula is C29H36N6O5. The predicted molar refractivity (Wildman–Crippen MR) is 151 cm³/mol. The molecule has 1 aliphatic rings. The number of hydroxylamine groups is 2. The topological polar surface area (TPSA) is 150 Å². The van der Waals surface area contributed by atoms with Crippen molar-refractivity contribution in [3.8, 4) is 22.8 Å². The van der Waals surface area contributed by atoms with Crippen LogP contribution in [-0.4, -0.2) is 45.6 Å². The second-order valence-electron chi connectivity index (χ2n) is 9.73. The molecule has 1 aliphatic heterocycles. The number of aromatic nitrogens is 2. The Morgan fingerprint density at radius 2 is 1.85 bits per heavy atom. The summed E-state index contributed by atoms with van der Waals surface area (Å²) in [5.74, 6) is 0.373. The van der Waals surface area contributed by atoms with Gasteiger partial charge in [-0.15, -0.1) is 0 Å². The van der Waals surface area contributed by atoms with Crippen LogP contribution in [0.4, 0.5) is 5.69 Å². The van der Waals surface area contributed by atoms with Crippen LogP contribution in [0.2, 0.25) is 0 Å². The maximum absolute atomic E-state index is 13.9. The Morgan fingerprint density at radius 1 is 1.15 bits per heavy atom. The van der Waals surface area contributed by atoms with Crippen LogP contribution < -0.4 is 32.1 Å². The summed E-state index contributed by atoms with van der Waals surface area (Å²) >= 11 is 0. The number of carbonyl (C=O) groups excluding carboxylic acids is 1. The summed E-state index contributed by atoms with van der Waals surface area (Å²) in [7, 11) is 1.58. The van der Waals surface area contributed by atoms with E-state index in [1.165, 1.54) is 4.57 Å². The number of amides is 1. The van der Waals surface area contributed by atoms with Crippen LogP contribution in [0.25, 0.3) is 11.3 Å². The van der Waals surface area contributed by atoms with Crippen molar-refractivity contribution in [2.45, 2.75) is 47.2 Å². The number of methoxy groups -OCH3 is 1. The molecule has 1 aromatic heterocycles. The minimum absolute atomic E-state index is 0.0263. The van der Waals surface area contributed by atoms with E-state index in [9.17, 15) is 14.8 Å². The van der Waals surface area contributed by atoms with Crippen molar-refractivity contribution < 1.29 is 19.5 Å². The third-order valence-corrected chi connectivity index (χ3v) is 6.92. The molecule has 11 heteroatoms. The van der Waals surface area contributed by atoms with Crippen molar-refractivity contribution >= 4 is 11.6 Å². The Kier molecular flexibility index (Phi) is 8.34. The van der Waals surface area contributed by atoms with Crippen molar-refractivity contribution in [2.24, 2.45) is 16.5 Å². The molecule has 0 saturated carbocycles. The number of aryl methyl sites for hydroxylation is 4. The molecule has 3 aromatic rings. The van der Waals surface area contributed by atoms with Gasteiger partial charge in [-0.05, 0) is 62.9 Å². The highest BCUT2D eigenvalue weighted by Gasteiger charge is 2.23. The fraction of sp³-hybridized carbons (Fsp3) is 0.345. The van der Waals surface area contributed by atoms with Gasteiger partial charge in [0, 0.05) is 30.9 Å². The van der Waals surface area contributed by atoms with Crippen molar-refractivity contribution in [3.63, 3.8) is 0 Å². The van der Waals surface area contributed by atoms with Gasteiger partial charge in [-0.3, -0.25) is 19.1 Å². The zero-order chi connectivity index (χ0) is 29.1. The van der Waals surface area contributed by atoms with Crippen LogP contribution in [0.3, 0.4) is 0 Å². The minimum atomic E-state index is -0.851. The number of hydrogen-bond donors (Lipinski definition) is 3. The molecule has 11 nitrogen and oxygen atoms in total. The maximum atomic E-state index is 13.9. The average Bonchev–Trinajstić information content (AvgIpc) is 2.93. The van der Waals surface area contributed by atoms with Gasteiger partial charge in [-0.1, -0.05) is 17.7 Å². The summed E-state index contributed by atoms with van der Waals surface area (Å²) in [6.07, 6.45) is 1.53. The molecular weight excluding hydrogens is 512 g/mol. The zero-order valence-electron chi connectivity index (χ0n) is 23.5. The summed E-state index contributed by atoms with van der Waals surface area (Å²) in [5.41, 5.74) is 17.0. The first-order valence-corrected chi connectivity index (χ1v) is 13.1. The quantitative estimate of drug-likeness (QED) is 0.222. The van der Waals surface area contributed by atoms with Crippen LogP contribution in [0.15, 0.2) is 52.0 Å². The Bertz CT molecular complexity index is 1600. The van der Waals surface area contributed by atoms with Crippen LogP contribution >= 0.6 is 0 Å². The number of nitrogens with zero attached hydrogens (tertiary/aromatic N) is 4. The van der Waals surface area contributed by atoms with Crippen LogP contribution in [0.5, 0.6) is 11.5 Å². The van der Waals surface area contributed by atoms with Gasteiger partial charge in [0.2, 0.25) is 0 Å². The predicted octanol–water partition coefficient (Wildman–Crippen LogP) is 2.41. The van der Waals surface area contributed by atoms with Gasteiger partial charge < -0.3 is 20.9 Å². The number of fused-ring (bicyclic) bond motifs is 3. The average molecular weight is 549 g/mol. The molecule has 212 valence electrons. The zero-order valence-corrected chi connectivity index (χ0v) is 23.5. The van der Waals surface area contributed by atoms with Crippen LogP contribution in [-0.2, 0) is 24.3 Å². The van der Waals surface area contributed by atoms with E-state index in [-0.39, 0.29) is 24.5 Å². The highest BCUT2D eigenvalue weighted by molar-refractivity contribution is 5.91. The minimum Gasteiger partial charge on any atom is -0.493 e. The highest BCUT2D eigenvalue weighted by atomic mass is 16.5. The number of benzene rings is 2. The van der Waals surface area contributed by atoms with Crippen molar-refractivity contribution in [2.75, 3.05) is 20.3 Å². The SMILES string of the molecule is CCOc1cc2c(cc1OC)-c1c/c(=N\c3c(C)cc(C)cc3C)n(CCN(O)C(=O)/C(N)=C/N)c(=O)n1CC2. The molecule has 0 atom stereocenters. The number of rotatable bonds is 8. The maximum Gasteiger partial charge on any atom is 0.330 e. The van der Waals surface area contributed by atoms with Gasteiger partial charge in [-0.25, -0.2) is 14.9 Å². The molecule has 40 heavy (non-hydrogen) atoms. The Labute approximate surface area is 232 Å². The largest absolute Gasteiger partial charge is 0.493 e. The molecule has 2 aromatic carbocycles. The second-order valence-corrected chi connectivity index (χ2v) is 9.73. The normalized spacial score (nSPS) is 13.1. The fourth-order valence-electron chi connectivity index (χ4n) is 5.05. The van der Waals surface area contributed by atoms with Crippen molar-refractivity contribution in [1.29, 1.82) is 0 Å². The van der Waals surface area contributed by atoms with Gasteiger partial charge >= 0.3 is 5.69 Å². The monoisotopic (exact) mass is 548 g/mol. The summed E-state index contributed by atoms with van der Waals surface area (Å²) in [4.78, 5) is 31.1. The third-order valence-electron chi connectivity index (χ3n) is 6.92. The third kappa shape index (κ3) is 5.46. The second kappa shape index (κ2) is 11.7. The first kappa shape index (κ1) is 28.5. The molecule has 0 bridgehead atoms. The van der Waals surface area contributed by atoms with Gasteiger partial charge in [0.1, 0.15) is 11.2 Å². The van der Waals surface area contributed by atoms with E-state index >= 15 is 0 Å². The number of ether oxygens (including phenoxy) is 2. The lowest BCUT2D eigenvalue weighted by molar-refractivity contribution is -0.161. The van der Waals surface area contributed by atoms with Gasteiger partial charge in [0.05, 0.1) is 31.6 Å². The van der Waals surface area contributed by atoms with E-state index in [1.54, 1.807) is 11.7 Å². The number of nitrogens with two attached hydrogens (primary N) is 2. The molecule has 0 aliphatic carbocycles. The molecule has 4 rings (SSSR count). The lowest BCUT2D eigenvalue weighted by Crippen LogP contribution is -2.45. The molecule has 0 fully saturated rings. The molecule has 0 unspecified atom stereocenters. The molecule has 2 heterocycles. The van der Waals surface area contributed by atoms with E-state index in [0.29, 0.717) is 47.3 Å². The molecule has 1 amide bonds. The molecule has 5 N–H and O–H groups in total. The standard InChI is InChI=1S/C29H36N6O5/c1-6-40-25-13-20-7-8-33-23(21(20)14-24(25)39-5)15-26(32-27-18(3)11-17(2)12-19(27)4)34(29(33)37)9-10-35(38)28(36)22(31)16-30/h11-16,38H,6-10,30-31H2,1-5H3/b22-16-,32-26+. The van der Waals surface area contributed by atoms with E-state index in [0.717, 1.165) is 39.7 Å². The van der Waals surface area contributed by atoms with E-state index < -0.39 is 5.91 Å². The summed E-state index contributed by atoms with van der Waals surface area (Å²) in [5, 5.41) is 10.7. The Hall–Kier alpha value is -4.51. The lowest BCUT2D eigenvalue weighted by atomic mass is 9.97. The van der Waals surface area contributed by atoms with Crippen molar-refractivity contribution in [1.82, 2.24) is 14.2 Å². The molecule has 0 radical (unpaired) electrons. The molecule has 0 saturated heterocycles. The fourth-order valence-corrected chi connectivity index (χ4v) is 5.05. The van der Waals surface area contributed by atoms with E-state index in [2.05, 4.69) is 0 Å². The first-order chi connectivity index (χ1) is 19.1. The van der Waals surface area contributed by atoms with Crippen LogP contribution in [0, 0.1) is 20.8 Å².